The van der Waals surface area contributed by atoms with Crippen molar-refractivity contribution in [2.24, 2.45) is 11.7 Å². The molecule has 1 aromatic carbocycles. The second kappa shape index (κ2) is 6.82. The third-order valence-corrected chi connectivity index (χ3v) is 5.18. The third kappa shape index (κ3) is 3.50. The van der Waals surface area contributed by atoms with Gasteiger partial charge >= 0.3 is 6.18 Å². The highest BCUT2D eigenvalue weighted by Gasteiger charge is 2.40. The van der Waals surface area contributed by atoms with Crippen molar-refractivity contribution in [2.45, 2.75) is 45.3 Å². The number of fused-ring (bicyclic) bond motifs is 1. The number of allylic oxidation sites excluding steroid dienone is 2. The number of primary amides is 1. The molecule has 2 N–H and O–H groups in total. The van der Waals surface area contributed by atoms with Crippen molar-refractivity contribution in [3.8, 4) is 0 Å². The molecule has 3 rings (SSSR count). The lowest BCUT2D eigenvalue weighted by molar-refractivity contribution is -0.175. The molecule has 2 aliphatic rings. The number of benzene rings is 1. The average molecular weight is 364 g/mol. The normalized spacial score (nSPS) is 20.5. The quantitative estimate of drug-likeness (QED) is 0.857. The van der Waals surface area contributed by atoms with E-state index in [0.717, 1.165) is 22.4 Å². The molecule has 1 aromatic rings. The fourth-order valence-electron chi connectivity index (χ4n) is 3.72. The average Bonchev–Trinajstić information content (AvgIpc) is 2.59. The summed E-state index contributed by atoms with van der Waals surface area (Å²) < 4.78 is 38.8. The van der Waals surface area contributed by atoms with Crippen molar-refractivity contribution < 1.29 is 18.0 Å². The molecule has 1 aliphatic carbocycles. The van der Waals surface area contributed by atoms with Crippen LogP contribution in [-0.4, -0.2) is 24.7 Å². The van der Waals surface area contributed by atoms with E-state index < -0.39 is 18.0 Å². The van der Waals surface area contributed by atoms with Crippen LogP contribution in [0, 0.1) is 5.92 Å². The second-order valence-electron chi connectivity index (χ2n) is 7.24. The number of amides is 1. The number of hydrogen-bond acceptors (Lipinski definition) is 2. The third-order valence-electron chi connectivity index (χ3n) is 5.18. The molecule has 1 amide bonds. The van der Waals surface area contributed by atoms with Crippen molar-refractivity contribution in [3.05, 3.63) is 41.0 Å². The summed E-state index contributed by atoms with van der Waals surface area (Å²) in [5, 5.41) is 0. The molecule has 1 atom stereocenters. The van der Waals surface area contributed by atoms with E-state index in [9.17, 15) is 18.0 Å². The van der Waals surface area contributed by atoms with Crippen molar-refractivity contribution in [2.75, 3.05) is 11.4 Å². The summed E-state index contributed by atoms with van der Waals surface area (Å²) in [6.45, 7) is 4.47. The summed E-state index contributed by atoms with van der Waals surface area (Å²) in [6.07, 6.45) is -0.0825. The van der Waals surface area contributed by atoms with Crippen molar-refractivity contribution in [1.29, 1.82) is 0 Å². The molecular formula is C20H23F3N2O. The van der Waals surface area contributed by atoms with Crippen LogP contribution < -0.4 is 10.6 Å². The first-order chi connectivity index (χ1) is 12.2. The maximum Gasteiger partial charge on any atom is 0.392 e. The Morgan fingerprint density at radius 1 is 1.31 bits per heavy atom. The largest absolute Gasteiger partial charge is 0.392 e. The minimum Gasteiger partial charge on any atom is -0.366 e. The van der Waals surface area contributed by atoms with E-state index in [4.69, 9.17) is 5.73 Å². The summed E-state index contributed by atoms with van der Waals surface area (Å²) in [5.41, 5.74) is 9.78. The highest BCUT2D eigenvalue weighted by Crippen LogP contribution is 2.43. The first kappa shape index (κ1) is 18.5. The van der Waals surface area contributed by atoms with Gasteiger partial charge in [-0.15, -0.1) is 0 Å². The highest BCUT2D eigenvalue weighted by atomic mass is 19.4. The summed E-state index contributed by atoms with van der Waals surface area (Å²) in [5.74, 6) is -1.70. The Balaban J connectivity index is 2.03. The fourth-order valence-corrected chi connectivity index (χ4v) is 3.72. The number of carbonyl (C=O) groups excluding carboxylic acids is 1. The standard InChI is InChI=1S/C20H23F3N2O/c1-12(2)25-11-15(19(24)26)10-14-4-3-5-17(18(14)25)13-6-8-16(9-7-13)20(21,22)23/h3-6,10,12,16H,7-9,11H2,1-2H3,(H2,24,26). The first-order valence-electron chi connectivity index (χ1n) is 8.84. The molecule has 1 unspecified atom stereocenters. The molecular weight excluding hydrogens is 341 g/mol. The minimum atomic E-state index is -4.14. The highest BCUT2D eigenvalue weighted by molar-refractivity contribution is 6.01. The van der Waals surface area contributed by atoms with Crippen molar-refractivity contribution in [1.82, 2.24) is 0 Å². The number of halogens is 3. The SMILES string of the molecule is CC(C)N1CC(C(N)=O)=Cc2cccc(C3=CCC(C(F)(F)F)CC3)c21. The molecule has 0 spiro atoms. The van der Waals surface area contributed by atoms with E-state index in [-0.39, 0.29) is 18.9 Å². The number of nitrogens with two attached hydrogens (primary N) is 1. The van der Waals surface area contributed by atoms with Gasteiger partial charge in [0.05, 0.1) is 11.6 Å². The maximum atomic E-state index is 12.9. The van der Waals surface area contributed by atoms with Gasteiger partial charge < -0.3 is 10.6 Å². The van der Waals surface area contributed by atoms with Gasteiger partial charge in [-0.3, -0.25) is 4.79 Å². The second-order valence-corrected chi connectivity index (χ2v) is 7.24. The van der Waals surface area contributed by atoms with E-state index in [0.29, 0.717) is 18.5 Å². The molecule has 1 heterocycles. The molecule has 6 heteroatoms. The lowest BCUT2D eigenvalue weighted by atomic mass is 9.84. The Morgan fingerprint density at radius 3 is 2.58 bits per heavy atom. The van der Waals surface area contributed by atoms with E-state index >= 15 is 0 Å². The van der Waals surface area contributed by atoms with E-state index in [1.807, 2.05) is 32.0 Å². The van der Waals surface area contributed by atoms with Gasteiger partial charge in [-0.2, -0.15) is 13.2 Å². The smallest absolute Gasteiger partial charge is 0.366 e. The lowest BCUT2D eigenvalue weighted by Crippen LogP contribution is -2.38. The van der Waals surface area contributed by atoms with Crippen LogP contribution in [0.25, 0.3) is 11.6 Å². The number of hydrogen-bond donors (Lipinski definition) is 1. The van der Waals surface area contributed by atoms with Crippen LogP contribution in [0.2, 0.25) is 0 Å². The Bertz CT molecular complexity index is 778. The summed E-state index contributed by atoms with van der Waals surface area (Å²) in [4.78, 5) is 13.8. The van der Waals surface area contributed by atoms with Crippen LogP contribution in [0.15, 0.2) is 29.8 Å². The first-order valence-corrected chi connectivity index (χ1v) is 8.84. The Kier molecular flexibility index (Phi) is 4.86. The lowest BCUT2D eigenvalue weighted by Gasteiger charge is -2.36. The van der Waals surface area contributed by atoms with Crippen molar-refractivity contribution >= 4 is 23.2 Å². The van der Waals surface area contributed by atoms with Crippen LogP contribution in [-0.2, 0) is 4.79 Å². The number of anilines is 1. The van der Waals surface area contributed by atoms with Gasteiger partial charge in [0.1, 0.15) is 0 Å². The molecule has 0 aromatic heterocycles. The zero-order valence-electron chi connectivity index (χ0n) is 14.9. The van der Waals surface area contributed by atoms with Gasteiger partial charge in [-0.05, 0) is 50.3 Å². The molecule has 0 bridgehead atoms. The number of para-hydroxylation sites is 1. The monoisotopic (exact) mass is 364 g/mol. The predicted octanol–water partition coefficient (Wildman–Crippen LogP) is 4.53. The van der Waals surface area contributed by atoms with Gasteiger partial charge in [-0.1, -0.05) is 24.3 Å². The van der Waals surface area contributed by atoms with Gasteiger partial charge in [-0.25, -0.2) is 0 Å². The molecule has 26 heavy (non-hydrogen) atoms. The molecule has 0 saturated heterocycles. The number of carbonyl (C=O) groups is 1. The van der Waals surface area contributed by atoms with Gasteiger partial charge in [0.15, 0.2) is 0 Å². The molecule has 3 nitrogen and oxygen atoms in total. The predicted molar refractivity (Wildman–Crippen MR) is 97.5 cm³/mol. The van der Waals surface area contributed by atoms with E-state index in [2.05, 4.69) is 4.90 Å². The number of nitrogens with zero attached hydrogens (tertiary/aromatic N) is 1. The molecule has 1 aliphatic heterocycles. The van der Waals surface area contributed by atoms with Crippen LogP contribution in [0.1, 0.15) is 44.2 Å². The van der Waals surface area contributed by atoms with E-state index in [1.54, 1.807) is 12.2 Å². The molecule has 0 saturated carbocycles. The van der Waals surface area contributed by atoms with Crippen LogP contribution in [0.3, 0.4) is 0 Å². The van der Waals surface area contributed by atoms with Gasteiger partial charge in [0.25, 0.3) is 0 Å². The number of rotatable bonds is 3. The molecule has 0 radical (unpaired) electrons. The van der Waals surface area contributed by atoms with E-state index in [1.165, 1.54) is 0 Å². The Morgan fingerprint density at radius 2 is 2.04 bits per heavy atom. The summed E-state index contributed by atoms with van der Waals surface area (Å²) in [6, 6.07) is 5.88. The molecule has 140 valence electrons. The Hall–Kier alpha value is -2.24. The maximum absolute atomic E-state index is 12.9. The summed E-state index contributed by atoms with van der Waals surface area (Å²) >= 11 is 0. The van der Waals surface area contributed by atoms with Crippen molar-refractivity contribution in [3.63, 3.8) is 0 Å². The topological polar surface area (TPSA) is 46.3 Å². The van der Waals surface area contributed by atoms with Gasteiger partial charge in [0, 0.05) is 23.7 Å². The van der Waals surface area contributed by atoms with Crippen LogP contribution in [0.5, 0.6) is 0 Å². The molecule has 0 fully saturated rings. The minimum absolute atomic E-state index is 0.0204. The number of alkyl halides is 3. The zero-order valence-corrected chi connectivity index (χ0v) is 14.9. The fraction of sp³-hybridized carbons (Fsp3) is 0.450. The van der Waals surface area contributed by atoms with Gasteiger partial charge in [0.2, 0.25) is 5.91 Å². The Labute approximate surface area is 151 Å². The zero-order chi connectivity index (χ0) is 19.1. The van der Waals surface area contributed by atoms with Crippen LogP contribution >= 0.6 is 0 Å². The summed E-state index contributed by atoms with van der Waals surface area (Å²) in [7, 11) is 0. The van der Waals surface area contributed by atoms with Crippen LogP contribution in [0.4, 0.5) is 18.9 Å².